The van der Waals surface area contributed by atoms with Gasteiger partial charge in [-0.05, 0) is 24.6 Å². The monoisotopic (exact) mass is 251 g/mol. The molecule has 0 amide bonds. The Morgan fingerprint density at radius 3 is 2.00 bits per heavy atom. The highest BCUT2D eigenvalue weighted by molar-refractivity contribution is 7.86. The molecule has 83 valence electrons. The van der Waals surface area contributed by atoms with E-state index in [4.69, 9.17) is 9.11 Å². The first kappa shape index (κ1) is 12.1. The topological polar surface area (TPSA) is 109 Å². The Labute approximate surface area is 87.1 Å². The minimum atomic E-state index is -4.42. The largest absolute Gasteiger partial charge is 0.295 e. The van der Waals surface area contributed by atoms with Crippen LogP contribution in [-0.4, -0.2) is 25.9 Å². The van der Waals surface area contributed by atoms with E-state index in [0.29, 0.717) is 0 Å². The van der Waals surface area contributed by atoms with Gasteiger partial charge in [0, 0.05) is 6.07 Å². The van der Waals surface area contributed by atoms with Crippen LogP contribution in [0.5, 0.6) is 0 Å². The fraction of sp³-hybridized carbons (Fsp3) is 0.143. The molecular formula is C7H7O6S2. The van der Waals surface area contributed by atoms with E-state index in [1.54, 1.807) is 0 Å². The van der Waals surface area contributed by atoms with Crippen LogP contribution in [0.15, 0.2) is 21.9 Å². The Morgan fingerprint density at radius 1 is 1.13 bits per heavy atom. The molecule has 8 heteroatoms. The zero-order valence-corrected chi connectivity index (χ0v) is 9.13. The lowest BCUT2D eigenvalue weighted by Crippen LogP contribution is -2.04. The van der Waals surface area contributed by atoms with Crippen molar-refractivity contribution in [3.63, 3.8) is 0 Å². The fourth-order valence-electron chi connectivity index (χ4n) is 0.987. The van der Waals surface area contributed by atoms with E-state index in [1.807, 2.05) is 6.07 Å². The SMILES string of the molecule is Cc1cc(S(=O)(=O)O)[c]cc1S(=O)(=O)O. The van der Waals surface area contributed by atoms with Gasteiger partial charge in [0.1, 0.15) is 4.90 Å². The summed E-state index contributed by atoms with van der Waals surface area (Å²) in [6.45, 7) is 1.28. The van der Waals surface area contributed by atoms with Gasteiger partial charge in [-0.3, -0.25) is 9.11 Å². The van der Waals surface area contributed by atoms with Crippen LogP contribution in [0, 0.1) is 13.0 Å². The molecule has 0 aliphatic rings. The van der Waals surface area contributed by atoms with Gasteiger partial charge >= 0.3 is 0 Å². The van der Waals surface area contributed by atoms with Crippen molar-refractivity contribution in [2.45, 2.75) is 16.7 Å². The molecular weight excluding hydrogens is 244 g/mol. The van der Waals surface area contributed by atoms with E-state index in [-0.39, 0.29) is 5.56 Å². The summed E-state index contributed by atoms with van der Waals surface area (Å²) < 4.78 is 60.1. The van der Waals surface area contributed by atoms with Crippen LogP contribution >= 0.6 is 0 Å². The minimum absolute atomic E-state index is 0.00359. The van der Waals surface area contributed by atoms with Gasteiger partial charge in [0.2, 0.25) is 0 Å². The average Bonchev–Trinajstić information content (AvgIpc) is 1.99. The number of aryl methyl sites for hydroxylation is 1. The summed E-state index contributed by atoms with van der Waals surface area (Å²) in [5.74, 6) is 0. The molecule has 2 N–H and O–H groups in total. The Balaban J connectivity index is 3.47. The van der Waals surface area contributed by atoms with Crippen LogP contribution < -0.4 is 0 Å². The zero-order chi connectivity index (χ0) is 11.9. The Kier molecular flexibility index (Phi) is 2.88. The first-order valence-corrected chi connectivity index (χ1v) is 6.47. The van der Waals surface area contributed by atoms with Crippen molar-refractivity contribution in [2.75, 3.05) is 0 Å². The standard InChI is InChI=1S/C7H7O6S2/c1-5-4-6(14(8,9)10)2-3-7(5)15(11,12)13/h3-4H,1H3,(H,8,9,10)(H,11,12,13). The molecule has 0 saturated heterocycles. The predicted molar refractivity (Wildman–Crippen MR) is 49.6 cm³/mol. The van der Waals surface area contributed by atoms with Crippen molar-refractivity contribution in [1.29, 1.82) is 0 Å². The summed E-state index contributed by atoms with van der Waals surface area (Å²) in [4.78, 5) is -0.998. The molecule has 0 atom stereocenters. The quantitative estimate of drug-likeness (QED) is 0.731. The van der Waals surface area contributed by atoms with E-state index >= 15 is 0 Å². The molecule has 0 saturated carbocycles. The van der Waals surface area contributed by atoms with E-state index in [2.05, 4.69) is 0 Å². The van der Waals surface area contributed by atoms with Crippen molar-refractivity contribution in [2.24, 2.45) is 0 Å². The maximum atomic E-state index is 10.7. The van der Waals surface area contributed by atoms with Gasteiger partial charge in [-0.1, -0.05) is 0 Å². The van der Waals surface area contributed by atoms with Crippen LogP contribution in [0.1, 0.15) is 5.56 Å². The number of rotatable bonds is 2. The molecule has 1 rings (SSSR count). The lowest BCUT2D eigenvalue weighted by molar-refractivity contribution is 0.477. The summed E-state index contributed by atoms with van der Waals surface area (Å²) in [5.41, 5.74) is 0.00359. The van der Waals surface area contributed by atoms with Crippen LogP contribution in [0.4, 0.5) is 0 Å². The van der Waals surface area contributed by atoms with Crippen molar-refractivity contribution in [1.82, 2.24) is 0 Å². The normalized spacial score (nSPS) is 12.7. The van der Waals surface area contributed by atoms with Crippen LogP contribution in [-0.2, 0) is 20.2 Å². The third-order valence-electron chi connectivity index (χ3n) is 1.64. The van der Waals surface area contributed by atoms with Gasteiger partial charge < -0.3 is 0 Å². The average molecular weight is 251 g/mol. The molecule has 0 aromatic heterocycles. The van der Waals surface area contributed by atoms with Crippen molar-refractivity contribution in [3.05, 3.63) is 23.8 Å². The maximum Gasteiger partial charge on any atom is 0.295 e. The summed E-state index contributed by atoms with van der Waals surface area (Å²) in [7, 11) is -8.82. The lowest BCUT2D eigenvalue weighted by atomic mass is 10.2. The van der Waals surface area contributed by atoms with Gasteiger partial charge in [0.15, 0.2) is 0 Å². The second-order valence-corrected chi connectivity index (χ2v) is 5.57. The molecule has 6 nitrogen and oxygen atoms in total. The molecule has 1 aromatic carbocycles. The lowest BCUT2D eigenvalue weighted by Gasteiger charge is -2.03. The molecule has 0 spiro atoms. The zero-order valence-electron chi connectivity index (χ0n) is 7.50. The van der Waals surface area contributed by atoms with Crippen LogP contribution in [0.25, 0.3) is 0 Å². The Bertz CT molecular complexity index is 584. The number of hydrogen-bond acceptors (Lipinski definition) is 4. The number of hydrogen-bond donors (Lipinski definition) is 2. The van der Waals surface area contributed by atoms with E-state index in [9.17, 15) is 16.8 Å². The number of benzene rings is 1. The first-order valence-electron chi connectivity index (χ1n) is 3.59. The van der Waals surface area contributed by atoms with Gasteiger partial charge in [0.25, 0.3) is 20.2 Å². The van der Waals surface area contributed by atoms with Crippen LogP contribution in [0.2, 0.25) is 0 Å². The van der Waals surface area contributed by atoms with Crippen molar-refractivity contribution >= 4 is 20.2 Å². The Morgan fingerprint density at radius 2 is 1.67 bits per heavy atom. The summed E-state index contributed by atoms with van der Waals surface area (Å²) in [6.07, 6.45) is 0. The third kappa shape index (κ3) is 2.75. The highest BCUT2D eigenvalue weighted by atomic mass is 32.2. The molecule has 0 heterocycles. The predicted octanol–water partition coefficient (Wildman–Crippen LogP) is 0.289. The second-order valence-electron chi connectivity index (χ2n) is 2.79. The fourth-order valence-corrected chi connectivity index (χ4v) is 2.19. The molecule has 0 unspecified atom stereocenters. The second kappa shape index (κ2) is 3.56. The first-order chi connectivity index (χ1) is 6.62. The minimum Gasteiger partial charge on any atom is -0.282 e. The summed E-state index contributed by atoms with van der Waals surface area (Å²) in [6, 6.07) is 3.73. The van der Waals surface area contributed by atoms with E-state index < -0.39 is 30.0 Å². The molecule has 15 heavy (non-hydrogen) atoms. The van der Waals surface area contributed by atoms with Gasteiger partial charge in [-0.2, -0.15) is 16.8 Å². The van der Waals surface area contributed by atoms with Gasteiger partial charge in [-0.25, -0.2) is 0 Å². The summed E-state index contributed by atoms with van der Waals surface area (Å²) >= 11 is 0. The Hall–Kier alpha value is -0.960. The molecule has 1 aromatic rings. The maximum absolute atomic E-state index is 10.7. The molecule has 1 radical (unpaired) electrons. The smallest absolute Gasteiger partial charge is 0.282 e. The van der Waals surface area contributed by atoms with E-state index in [0.717, 1.165) is 12.1 Å². The molecule has 0 bridgehead atoms. The third-order valence-corrected chi connectivity index (χ3v) is 3.42. The van der Waals surface area contributed by atoms with Crippen molar-refractivity contribution < 1.29 is 25.9 Å². The molecule has 0 fully saturated rings. The van der Waals surface area contributed by atoms with E-state index in [1.165, 1.54) is 6.92 Å². The van der Waals surface area contributed by atoms with Gasteiger partial charge in [-0.15, -0.1) is 0 Å². The molecule has 0 aliphatic heterocycles. The van der Waals surface area contributed by atoms with Crippen LogP contribution in [0.3, 0.4) is 0 Å². The highest BCUT2D eigenvalue weighted by Crippen LogP contribution is 2.18. The van der Waals surface area contributed by atoms with Gasteiger partial charge in [0.05, 0.1) is 4.90 Å². The van der Waals surface area contributed by atoms with Crippen molar-refractivity contribution in [3.8, 4) is 0 Å². The molecule has 0 aliphatic carbocycles. The highest BCUT2D eigenvalue weighted by Gasteiger charge is 2.17. The summed E-state index contributed by atoms with van der Waals surface area (Å²) in [5, 5.41) is 0.